The van der Waals surface area contributed by atoms with Crippen LogP contribution in [0.4, 0.5) is 11.6 Å². The van der Waals surface area contributed by atoms with Crippen molar-refractivity contribution < 1.29 is 14.6 Å². The van der Waals surface area contributed by atoms with E-state index >= 15 is 0 Å². The molecule has 0 radical (unpaired) electrons. The second kappa shape index (κ2) is 9.52. The third-order valence-electron chi connectivity index (χ3n) is 6.61. The molecule has 4 aromatic rings. The van der Waals surface area contributed by atoms with Gasteiger partial charge in [-0.1, -0.05) is 30.3 Å². The summed E-state index contributed by atoms with van der Waals surface area (Å²) in [6.07, 6.45) is 1.61. The number of nitrogens with zero attached hydrogens (tertiary/aromatic N) is 5. The van der Waals surface area contributed by atoms with Crippen LogP contribution in [0.25, 0.3) is 22.0 Å². The number of amides is 1. The van der Waals surface area contributed by atoms with E-state index in [0.29, 0.717) is 41.6 Å². The highest BCUT2D eigenvalue weighted by atomic mass is 16.5. The fraction of sp³-hybridized carbons (Fsp3) is 0.241. The Labute approximate surface area is 215 Å². The van der Waals surface area contributed by atoms with Crippen LogP contribution in [0.5, 0.6) is 5.75 Å². The minimum atomic E-state index is -0.994. The number of para-hydroxylation sites is 1. The zero-order valence-electron chi connectivity index (χ0n) is 21.0. The minimum absolute atomic E-state index is 0.0870. The molecule has 0 saturated carbocycles. The summed E-state index contributed by atoms with van der Waals surface area (Å²) in [5, 5.41) is 20.2. The van der Waals surface area contributed by atoms with Gasteiger partial charge in [-0.2, -0.15) is 5.26 Å². The number of ether oxygens (including phenoxy) is 1. The molecule has 37 heavy (non-hydrogen) atoms. The Morgan fingerprint density at radius 1 is 1.05 bits per heavy atom. The van der Waals surface area contributed by atoms with Gasteiger partial charge in [0, 0.05) is 41.9 Å². The number of fused-ring (bicyclic) bond motifs is 1. The van der Waals surface area contributed by atoms with Crippen LogP contribution < -0.4 is 14.5 Å². The first-order valence-corrected chi connectivity index (χ1v) is 12.0. The van der Waals surface area contributed by atoms with Crippen LogP contribution in [0.3, 0.4) is 0 Å². The Morgan fingerprint density at radius 3 is 2.46 bits per heavy atom. The number of hydrogen-bond acceptors (Lipinski definition) is 7. The van der Waals surface area contributed by atoms with Gasteiger partial charge in [-0.3, -0.25) is 9.69 Å². The molecule has 3 heterocycles. The predicted octanol–water partition coefficient (Wildman–Crippen LogP) is 4.26. The maximum absolute atomic E-state index is 13.1. The highest BCUT2D eigenvalue weighted by molar-refractivity contribution is 6.00. The van der Waals surface area contributed by atoms with Gasteiger partial charge in [0.1, 0.15) is 17.4 Å². The highest BCUT2D eigenvalue weighted by Crippen LogP contribution is 2.35. The van der Waals surface area contributed by atoms with Gasteiger partial charge in [0.15, 0.2) is 0 Å². The van der Waals surface area contributed by atoms with E-state index in [1.165, 1.54) is 0 Å². The van der Waals surface area contributed by atoms with E-state index in [4.69, 9.17) is 15.0 Å². The zero-order chi connectivity index (χ0) is 26.2. The van der Waals surface area contributed by atoms with Gasteiger partial charge in [-0.25, -0.2) is 9.97 Å². The number of benzene rings is 2. The first-order valence-electron chi connectivity index (χ1n) is 12.0. The summed E-state index contributed by atoms with van der Waals surface area (Å²) < 4.78 is 5.71. The second-order valence-corrected chi connectivity index (χ2v) is 9.50. The maximum atomic E-state index is 13.1. The first-order chi connectivity index (χ1) is 17.8. The third kappa shape index (κ3) is 4.69. The second-order valence-electron chi connectivity index (χ2n) is 9.50. The SMILES string of the molecule is COc1cc(N2CCN(c3ccc(C(C)(C)O)cn3)C(=O)C2)nc2c(-c3ccc(C#N)cc3)cccc12. The molecule has 2 aromatic carbocycles. The van der Waals surface area contributed by atoms with Crippen LogP contribution >= 0.6 is 0 Å². The van der Waals surface area contributed by atoms with Crippen LogP contribution in [-0.2, 0) is 10.4 Å². The summed E-state index contributed by atoms with van der Waals surface area (Å²) in [5.74, 6) is 1.80. The number of aromatic nitrogens is 2. The molecule has 186 valence electrons. The highest BCUT2D eigenvalue weighted by Gasteiger charge is 2.28. The van der Waals surface area contributed by atoms with Crippen LogP contribution in [-0.4, -0.2) is 47.7 Å². The van der Waals surface area contributed by atoms with Gasteiger partial charge in [-0.15, -0.1) is 0 Å². The smallest absolute Gasteiger partial charge is 0.247 e. The fourth-order valence-electron chi connectivity index (χ4n) is 4.51. The molecule has 0 aliphatic carbocycles. The van der Waals surface area contributed by atoms with Crippen molar-refractivity contribution in [3.63, 3.8) is 0 Å². The van der Waals surface area contributed by atoms with Crippen molar-refractivity contribution in [2.24, 2.45) is 0 Å². The zero-order valence-corrected chi connectivity index (χ0v) is 21.0. The van der Waals surface area contributed by atoms with Crippen molar-refractivity contribution in [2.45, 2.75) is 19.4 Å². The molecular weight excluding hydrogens is 466 g/mol. The van der Waals surface area contributed by atoms with E-state index in [0.717, 1.165) is 22.0 Å². The van der Waals surface area contributed by atoms with Crippen molar-refractivity contribution in [3.8, 4) is 22.9 Å². The molecule has 1 saturated heterocycles. The Bertz CT molecular complexity index is 1500. The number of pyridine rings is 2. The standard InChI is InChI=1S/C29H27N5O3/c1-29(2,36)21-11-12-25(31-17-21)34-14-13-33(18-27(34)35)26-15-24(37-3)23-6-4-5-22(28(23)32-26)20-9-7-19(16-30)8-10-20/h4-12,15,17,36H,13-14,18H2,1-3H3. The van der Waals surface area contributed by atoms with Crippen molar-refractivity contribution >= 4 is 28.4 Å². The van der Waals surface area contributed by atoms with Crippen molar-refractivity contribution in [3.05, 3.63) is 78.0 Å². The van der Waals surface area contributed by atoms with E-state index < -0.39 is 5.60 Å². The lowest BCUT2D eigenvalue weighted by Crippen LogP contribution is -2.51. The monoisotopic (exact) mass is 493 g/mol. The van der Waals surface area contributed by atoms with Crippen LogP contribution in [0, 0.1) is 11.3 Å². The summed E-state index contributed by atoms with van der Waals surface area (Å²) in [6.45, 7) is 4.57. The lowest BCUT2D eigenvalue weighted by Gasteiger charge is -2.34. The van der Waals surface area contributed by atoms with Crippen LogP contribution in [0.1, 0.15) is 25.0 Å². The van der Waals surface area contributed by atoms with Gasteiger partial charge in [0.05, 0.1) is 36.4 Å². The van der Waals surface area contributed by atoms with Crippen LogP contribution in [0.2, 0.25) is 0 Å². The molecule has 1 aliphatic rings. The van der Waals surface area contributed by atoms with Crippen LogP contribution in [0.15, 0.2) is 66.9 Å². The number of piperazine rings is 1. The molecule has 1 amide bonds. The number of nitriles is 1. The Hall–Kier alpha value is -4.48. The average molecular weight is 494 g/mol. The van der Waals surface area contributed by atoms with E-state index in [-0.39, 0.29) is 12.5 Å². The minimum Gasteiger partial charge on any atom is -0.496 e. The molecule has 2 aromatic heterocycles. The number of methoxy groups -OCH3 is 1. The fourth-order valence-corrected chi connectivity index (χ4v) is 4.51. The predicted molar refractivity (Wildman–Crippen MR) is 142 cm³/mol. The molecule has 0 atom stereocenters. The number of hydrogen-bond donors (Lipinski definition) is 1. The summed E-state index contributed by atoms with van der Waals surface area (Å²) in [6, 6.07) is 20.9. The van der Waals surface area contributed by atoms with Crippen molar-refractivity contribution in [1.82, 2.24) is 9.97 Å². The molecule has 5 rings (SSSR count). The Morgan fingerprint density at radius 2 is 1.84 bits per heavy atom. The lowest BCUT2D eigenvalue weighted by molar-refractivity contribution is -0.118. The molecule has 0 unspecified atom stereocenters. The molecule has 0 spiro atoms. The van der Waals surface area contributed by atoms with Gasteiger partial charge in [-0.05, 0) is 43.7 Å². The molecule has 8 nitrogen and oxygen atoms in total. The summed E-state index contributed by atoms with van der Waals surface area (Å²) in [7, 11) is 1.62. The Kier molecular flexibility index (Phi) is 6.24. The van der Waals surface area contributed by atoms with Crippen molar-refractivity contribution in [2.75, 3.05) is 36.5 Å². The van der Waals surface area contributed by atoms with Gasteiger partial charge < -0.3 is 14.7 Å². The molecule has 8 heteroatoms. The maximum Gasteiger partial charge on any atom is 0.247 e. The lowest BCUT2D eigenvalue weighted by atomic mass is 10.0. The number of carbonyl (C=O) groups excluding carboxylic acids is 1. The Balaban J connectivity index is 1.45. The van der Waals surface area contributed by atoms with E-state index in [2.05, 4.69) is 11.1 Å². The van der Waals surface area contributed by atoms with E-state index in [9.17, 15) is 9.90 Å². The number of aliphatic hydroxyl groups is 1. The van der Waals surface area contributed by atoms with Gasteiger partial charge in [0.25, 0.3) is 0 Å². The molecule has 0 bridgehead atoms. The van der Waals surface area contributed by atoms with Gasteiger partial charge in [0.2, 0.25) is 5.91 Å². The number of carbonyl (C=O) groups is 1. The summed E-state index contributed by atoms with van der Waals surface area (Å²) in [5.41, 5.74) is 2.91. The quantitative estimate of drug-likeness (QED) is 0.443. The topological polar surface area (TPSA) is 103 Å². The molecular formula is C29H27N5O3. The third-order valence-corrected chi connectivity index (χ3v) is 6.61. The molecule has 1 fully saturated rings. The first kappa shape index (κ1) is 24.2. The average Bonchev–Trinajstić information content (AvgIpc) is 2.91. The van der Waals surface area contributed by atoms with E-state index in [1.54, 1.807) is 56.3 Å². The summed E-state index contributed by atoms with van der Waals surface area (Å²) in [4.78, 5) is 26.1. The normalized spacial score (nSPS) is 14.1. The van der Waals surface area contributed by atoms with Gasteiger partial charge >= 0.3 is 0 Å². The number of anilines is 2. The number of rotatable bonds is 5. The van der Waals surface area contributed by atoms with Crippen molar-refractivity contribution in [1.29, 1.82) is 5.26 Å². The van der Waals surface area contributed by atoms with E-state index in [1.807, 2.05) is 41.3 Å². The summed E-state index contributed by atoms with van der Waals surface area (Å²) >= 11 is 0. The molecule has 1 aliphatic heterocycles. The largest absolute Gasteiger partial charge is 0.496 e. The molecule has 1 N–H and O–H groups in total.